The smallest absolute Gasteiger partial charge is 0.307 e. The summed E-state index contributed by atoms with van der Waals surface area (Å²) < 4.78 is 10.2. The first kappa shape index (κ1) is 36.9. The summed E-state index contributed by atoms with van der Waals surface area (Å²) in [5.41, 5.74) is 2.99. The Balaban J connectivity index is 2.72. The number of rotatable bonds is 15. The summed E-state index contributed by atoms with van der Waals surface area (Å²) in [5, 5.41) is 47.3. The molecule has 0 aromatic carbocycles. The van der Waals surface area contributed by atoms with Crippen LogP contribution in [-0.4, -0.2) is 87.0 Å². The van der Waals surface area contributed by atoms with Gasteiger partial charge in [-0.1, -0.05) is 73.6 Å². The fraction of sp³-hybridized carbons (Fsp3) is 0.531. The molecule has 0 fully saturated rings. The van der Waals surface area contributed by atoms with Crippen LogP contribution >= 0.6 is 0 Å². The van der Waals surface area contributed by atoms with Gasteiger partial charge in [0, 0.05) is 6.42 Å². The van der Waals surface area contributed by atoms with Crippen LogP contribution in [0.5, 0.6) is 0 Å². The monoisotopic (exact) mass is 590 g/mol. The fourth-order valence-corrected chi connectivity index (χ4v) is 4.25. The minimum absolute atomic E-state index is 0.267. The van der Waals surface area contributed by atoms with Gasteiger partial charge in [0.25, 0.3) is 0 Å². The van der Waals surface area contributed by atoms with E-state index in [2.05, 4.69) is 0 Å². The van der Waals surface area contributed by atoms with Gasteiger partial charge in [-0.15, -0.1) is 0 Å². The van der Waals surface area contributed by atoms with E-state index in [9.17, 15) is 34.8 Å². The van der Waals surface area contributed by atoms with Gasteiger partial charge in [0.15, 0.2) is 11.9 Å². The quantitative estimate of drug-likeness (QED) is 0.141. The number of aliphatic hydroxyl groups is 5. The Labute approximate surface area is 248 Å². The molecular formula is C32H46O10. The van der Waals surface area contributed by atoms with E-state index in [0.717, 1.165) is 16.7 Å². The van der Waals surface area contributed by atoms with E-state index < -0.39 is 67.5 Å². The van der Waals surface area contributed by atoms with Gasteiger partial charge in [0.1, 0.15) is 31.0 Å². The molecule has 0 aliphatic heterocycles. The summed E-state index contributed by atoms with van der Waals surface area (Å²) in [6.45, 7) is 10.0. The average molecular weight is 591 g/mol. The van der Waals surface area contributed by atoms with E-state index in [1.54, 1.807) is 6.92 Å². The van der Waals surface area contributed by atoms with Crippen molar-refractivity contribution >= 4 is 17.7 Å². The molecule has 234 valence electrons. The Morgan fingerprint density at radius 3 is 2.14 bits per heavy atom. The van der Waals surface area contributed by atoms with E-state index in [0.29, 0.717) is 5.57 Å². The molecule has 10 nitrogen and oxygen atoms in total. The van der Waals surface area contributed by atoms with Gasteiger partial charge in [-0.3, -0.25) is 14.4 Å². The number of aliphatic hydroxyl groups excluding tert-OH is 5. The van der Waals surface area contributed by atoms with Crippen LogP contribution in [0, 0.1) is 5.41 Å². The molecule has 1 aliphatic carbocycles. The maximum absolute atomic E-state index is 13.0. The van der Waals surface area contributed by atoms with Gasteiger partial charge in [-0.05, 0) is 44.3 Å². The van der Waals surface area contributed by atoms with E-state index in [4.69, 9.17) is 14.6 Å². The Morgan fingerprint density at radius 2 is 1.52 bits per heavy atom. The predicted octanol–water partition coefficient (Wildman–Crippen LogP) is 2.55. The number of Topliss-reactive ketones (excluding diaryl/α,β-unsaturated/α-hetero) is 1. The number of hydrogen-bond acceptors (Lipinski definition) is 10. The number of esters is 2. The van der Waals surface area contributed by atoms with Gasteiger partial charge in [0.2, 0.25) is 0 Å². The molecule has 0 saturated carbocycles. The SMILES string of the molecule is CC=CC=C(C)C=CC=C(C)C=CC1=C(C)C(=O)C(OC(=O)CCC(=O)OCC(O)C(O)C(O)C(O)CO)CC1(C)C. The lowest BCUT2D eigenvalue weighted by Gasteiger charge is -2.36. The van der Waals surface area contributed by atoms with Crippen molar-refractivity contribution in [3.63, 3.8) is 0 Å². The number of carbonyl (C=O) groups is 3. The second-order valence-electron chi connectivity index (χ2n) is 11.0. The Bertz CT molecular complexity index is 1120. The first-order chi connectivity index (χ1) is 19.6. The van der Waals surface area contributed by atoms with Crippen molar-refractivity contribution in [2.45, 2.75) is 91.3 Å². The molecule has 0 aromatic rings. The molecule has 5 N–H and O–H groups in total. The third-order valence-corrected chi connectivity index (χ3v) is 6.82. The molecule has 0 spiro atoms. The topological polar surface area (TPSA) is 171 Å². The summed E-state index contributed by atoms with van der Waals surface area (Å²) in [4.78, 5) is 37.4. The maximum atomic E-state index is 13.0. The van der Waals surface area contributed by atoms with Gasteiger partial charge >= 0.3 is 11.9 Å². The third kappa shape index (κ3) is 12.0. The lowest BCUT2D eigenvalue weighted by Crippen LogP contribution is -2.47. The van der Waals surface area contributed by atoms with E-state index in [1.807, 2.05) is 83.2 Å². The van der Waals surface area contributed by atoms with Crippen molar-refractivity contribution in [2.24, 2.45) is 5.41 Å². The Hall–Kier alpha value is -3.15. The van der Waals surface area contributed by atoms with Crippen molar-refractivity contribution in [3.8, 4) is 0 Å². The van der Waals surface area contributed by atoms with Gasteiger partial charge in [0.05, 0.1) is 19.4 Å². The molecule has 5 atom stereocenters. The van der Waals surface area contributed by atoms with Crippen LogP contribution in [0.1, 0.15) is 60.8 Å². The molecule has 0 amide bonds. The summed E-state index contributed by atoms with van der Waals surface area (Å²) in [7, 11) is 0. The zero-order valence-corrected chi connectivity index (χ0v) is 25.3. The molecule has 0 bridgehead atoms. The minimum atomic E-state index is -1.88. The van der Waals surface area contributed by atoms with Crippen molar-refractivity contribution < 1.29 is 49.4 Å². The lowest BCUT2D eigenvalue weighted by molar-refractivity contribution is -0.161. The zero-order valence-electron chi connectivity index (χ0n) is 25.3. The third-order valence-electron chi connectivity index (χ3n) is 6.82. The molecule has 0 radical (unpaired) electrons. The average Bonchev–Trinajstić information content (AvgIpc) is 2.94. The molecule has 0 saturated heterocycles. The molecular weight excluding hydrogens is 544 g/mol. The molecule has 42 heavy (non-hydrogen) atoms. The second-order valence-corrected chi connectivity index (χ2v) is 11.0. The van der Waals surface area contributed by atoms with Crippen LogP contribution < -0.4 is 0 Å². The first-order valence-corrected chi connectivity index (χ1v) is 13.9. The number of carbonyl (C=O) groups excluding carboxylic acids is 3. The first-order valence-electron chi connectivity index (χ1n) is 13.9. The van der Waals surface area contributed by atoms with Crippen LogP contribution in [0.25, 0.3) is 0 Å². The van der Waals surface area contributed by atoms with E-state index in [-0.39, 0.29) is 18.6 Å². The molecule has 0 heterocycles. The van der Waals surface area contributed by atoms with Crippen molar-refractivity contribution in [3.05, 3.63) is 70.9 Å². The highest BCUT2D eigenvalue weighted by molar-refractivity contribution is 6.01. The summed E-state index contributed by atoms with van der Waals surface area (Å²) in [5.74, 6) is -1.95. The van der Waals surface area contributed by atoms with Gasteiger partial charge < -0.3 is 35.0 Å². The number of hydrogen-bond donors (Lipinski definition) is 5. The molecule has 1 rings (SSSR count). The van der Waals surface area contributed by atoms with Crippen LogP contribution in [0.2, 0.25) is 0 Å². The predicted molar refractivity (Wildman–Crippen MR) is 158 cm³/mol. The largest absolute Gasteiger partial charge is 0.463 e. The van der Waals surface area contributed by atoms with E-state index in [1.165, 1.54) is 0 Å². The Morgan fingerprint density at radius 1 is 0.952 bits per heavy atom. The highest BCUT2D eigenvalue weighted by atomic mass is 16.6. The standard InChI is InChI=1S/C32H46O10/c1-7-8-10-20(2)11-9-12-21(3)13-14-23-22(4)29(38)26(17-32(23,5)6)42-28(37)16-15-27(36)41-19-25(35)31(40)30(39)24(34)18-33/h7-14,24-26,30-31,33-35,39-40H,15-19H2,1-6H3. The van der Waals surface area contributed by atoms with Gasteiger partial charge in [-0.25, -0.2) is 0 Å². The highest BCUT2D eigenvalue weighted by Crippen LogP contribution is 2.40. The normalized spacial score (nSPS) is 21.2. The molecule has 1 aliphatic rings. The van der Waals surface area contributed by atoms with Crippen LogP contribution in [0.4, 0.5) is 0 Å². The van der Waals surface area contributed by atoms with E-state index >= 15 is 0 Å². The summed E-state index contributed by atoms with van der Waals surface area (Å²) >= 11 is 0. The number of ether oxygens (including phenoxy) is 2. The maximum Gasteiger partial charge on any atom is 0.307 e. The van der Waals surface area contributed by atoms with Crippen molar-refractivity contribution in [1.29, 1.82) is 0 Å². The minimum Gasteiger partial charge on any atom is -0.463 e. The van der Waals surface area contributed by atoms with Crippen LogP contribution in [0.3, 0.4) is 0 Å². The lowest BCUT2D eigenvalue weighted by atomic mass is 9.71. The number of ketones is 1. The molecule has 10 heteroatoms. The number of allylic oxidation sites excluding steroid dienone is 11. The van der Waals surface area contributed by atoms with Gasteiger partial charge in [-0.2, -0.15) is 0 Å². The zero-order chi connectivity index (χ0) is 32.0. The van der Waals surface area contributed by atoms with Crippen molar-refractivity contribution in [2.75, 3.05) is 13.2 Å². The summed E-state index contributed by atoms with van der Waals surface area (Å²) in [6, 6.07) is 0. The highest BCUT2D eigenvalue weighted by Gasteiger charge is 2.40. The van der Waals surface area contributed by atoms with Crippen molar-refractivity contribution in [1.82, 2.24) is 0 Å². The molecule has 5 unspecified atom stereocenters. The summed E-state index contributed by atoms with van der Waals surface area (Å²) in [6.07, 6.45) is 7.07. The fourth-order valence-electron chi connectivity index (χ4n) is 4.25. The Kier molecular flexibility index (Phi) is 15.6. The molecule has 0 aromatic heterocycles. The van der Waals surface area contributed by atoms with Crippen LogP contribution in [0.15, 0.2) is 70.9 Å². The second kappa shape index (κ2) is 17.7. The van der Waals surface area contributed by atoms with Crippen LogP contribution in [-0.2, 0) is 23.9 Å².